The zero-order valence-electron chi connectivity index (χ0n) is 33.4. The second-order valence-electron chi connectivity index (χ2n) is 17.1. The summed E-state index contributed by atoms with van der Waals surface area (Å²) in [5.74, 6) is 0.0781. The van der Waals surface area contributed by atoms with Crippen molar-refractivity contribution in [3.8, 4) is 0 Å². The van der Waals surface area contributed by atoms with Gasteiger partial charge in [0.15, 0.2) is 0 Å². The molecule has 3 saturated heterocycles. The number of H-pyrrole nitrogens is 1. The lowest BCUT2D eigenvalue weighted by molar-refractivity contribution is -0.135. The van der Waals surface area contributed by atoms with Gasteiger partial charge in [0.05, 0.1) is 17.1 Å². The largest absolute Gasteiger partial charge is 0.338 e. The van der Waals surface area contributed by atoms with E-state index in [9.17, 15) is 19.2 Å². The summed E-state index contributed by atoms with van der Waals surface area (Å²) in [6, 6.07) is 13.4. The topological polar surface area (TPSA) is 127 Å². The van der Waals surface area contributed by atoms with Crippen molar-refractivity contribution in [1.29, 1.82) is 0 Å². The number of pyridine rings is 1. The van der Waals surface area contributed by atoms with Crippen LogP contribution in [0.4, 0.5) is 4.79 Å². The molecule has 1 atom stereocenters. The number of aromatic nitrogens is 3. The van der Waals surface area contributed by atoms with E-state index in [2.05, 4.69) is 45.2 Å². The highest BCUT2D eigenvalue weighted by Crippen LogP contribution is 2.51. The highest BCUT2D eigenvalue weighted by molar-refractivity contribution is 5.97. The number of nitrogens with zero attached hydrogens (tertiary/aromatic N) is 6. The number of hydrogen-bond acceptors (Lipinski definition) is 7. The molecule has 5 heterocycles. The number of hydrogen-bond donors (Lipinski definition) is 2. The standard InChI is InChI=1S/C44H58N8O4/c1-4-5-14-44(15-16-44)42(55)52-39-30(2)25-31(26-34(39)29-45-52)27-38(41(54)50-23-21-49(22-24-50)35-12-17-48(3)18-13-35)47-43(56)51-19-10-32(11-20-51)36-28-33-8-6-7-9-37(33)46-40(36)53/h6-9,25-26,28-29,32,35,38H,4-5,10-24,27H2,1-3H3,(H,46,53)(H,47,56)/t38-/m1/s1. The molecule has 1 aliphatic carbocycles. The molecular weight excluding hydrogens is 705 g/mol. The molecule has 12 nitrogen and oxygen atoms in total. The number of para-hydroxylation sites is 1. The van der Waals surface area contributed by atoms with Gasteiger partial charge < -0.3 is 25.0 Å². The molecule has 0 unspecified atom stereocenters. The average Bonchev–Trinajstić information content (AvgIpc) is 3.89. The first-order valence-corrected chi connectivity index (χ1v) is 21.0. The minimum absolute atomic E-state index is 0.0506. The molecular formula is C44H58N8O4. The molecule has 2 aromatic heterocycles. The molecule has 4 fully saturated rings. The van der Waals surface area contributed by atoms with Gasteiger partial charge in [-0.1, -0.05) is 44.0 Å². The Hall–Kier alpha value is -4.55. The fourth-order valence-corrected chi connectivity index (χ4v) is 9.61. The number of unbranched alkanes of at least 4 members (excludes halogenated alkanes) is 1. The van der Waals surface area contributed by atoms with Gasteiger partial charge in [-0.2, -0.15) is 9.78 Å². The van der Waals surface area contributed by atoms with Gasteiger partial charge in [0.25, 0.3) is 11.5 Å². The van der Waals surface area contributed by atoms with Crippen LogP contribution in [0, 0.1) is 12.3 Å². The summed E-state index contributed by atoms with van der Waals surface area (Å²) < 4.78 is 1.61. The molecule has 2 N–H and O–H groups in total. The van der Waals surface area contributed by atoms with E-state index >= 15 is 0 Å². The first kappa shape index (κ1) is 38.3. The third-order valence-corrected chi connectivity index (χ3v) is 13.3. The second kappa shape index (κ2) is 16.1. The van der Waals surface area contributed by atoms with E-state index in [0.717, 1.165) is 110 Å². The molecule has 3 amide bonds. The fourth-order valence-electron chi connectivity index (χ4n) is 9.61. The number of aryl methyl sites for hydroxylation is 1. The van der Waals surface area contributed by atoms with Crippen molar-refractivity contribution in [3.05, 3.63) is 75.7 Å². The van der Waals surface area contributed by atoms with Gasteiger partial charge in [-0.25, -0.2) is 4.79 Å². The fraction of sp³-hybridized carbons (Fsp3) is 0.568. The lowest BCUT2D eigenvalue weighted by atomic mass is 9.89. The molecule has 12 heteroatoms. The van der Waals surface area contributed by atoms with Gasteiger partial charge in [-0.15, -0.1) is 0 Å². The van der Waals surface area contributed by atoms with Crippen LogP contribution in [0.15, 0.2) is 53.5 Å². The summed E-state index contributed by atoms with van der Waals surface area (Å²) >= 11 is 0. The van der Waals surface area contributed by atoms with Gasteiger partial charge in [0.2, 0.25) is 5.91 Å². The smallest absolute Gasteiger partial charge is 0.318 e. The molecule has 0 radical (unpaired) electrons. The number of piperazine rings is 1. The molecule has 2 aromatic carbocycles. The van der Waals surface area contributed by atoms with E-state index in [1.54, 1.807) is 15.8 Å². The summed E-state index contributed by atoms with van der Waals surface area (Å²) in [4.78, 5) is 66.9. The van der Waals surface area contributed by atoms with E-state index in [1.165, 1.54) is 0 Å². The predicted octanol–water partition coefficient (Wildman–Crippen LogP) is 5.54. The quantitative estimate of drug-likeness (QED) is 0.218. The maximum absolute atomic E-state index is 14.4. The second-order valence-corrected chi connectivity index (χ2v) is 17.1. The van der Waals surface area contributed by atoms with Crippen LogP contribution in [0.25, 0.3) is 21.8 Å². The highest BCUT2D eigenvalue weighted by Gasteiger charge is 2.50. The summed E-state index contributed by atoms with van der Waals surface area (Å²) in [5, 5.41) is 9.64. The first-order chi connectivity index (χ1) is 27.1. The Balaban J connectivity index is 0.980. The van der Waals surface area contributed by atoms with Gasteiger partial charge in [-0.3, -0.25) is 19.3 Å². The van der Waals surface area contributed by atoms with Crippen LogP contribution in [-0.2, 0) is 11.2 Å². The number of benzene rings is 2. The van der Waals surface area contributed by atoms with Crippen molar-refractivity contribution in [2.45, 2.75) is 96.1 Å². The third-order valence-electron chi connectivity index (χ3n) is 13.3. The Bertz CT molecular complexity index is 2130. The monoisotopic (exact) mass is 762 g/mol. The normalized spacial score (nSPS) is 20.4. The average molecular weight is 763 g/mol. The maximum Gasteiger partial charge on any atom is 0.318 e. The van der Waals surface area contributed by atoms with Gasteiger partial charge >= 0.3 is 6.03 Å². The third kappa shape index (κ3) is 7.87. The molecule has 298 valence electrons. The number of carbonyl (C=O) groups excluding carboxylic acids is 3. The molecule has 0 spiro atoms. The zero-order valence-corrected chi connectivity index (χ0v) is 33.4. The van der Waals surface area contributed by atoms with E-state index in [1.807, 2.05) is 48.2 Å². The van der Waals surface area contributed by atoms with Crippen LogP contribution >= 0.6 is 0 Å². The molecule has 8 rings (SSSR count). The Morgan fingerprint density at radius 3 is 2.36 bits per heavy atom. The van der Waals surface area contributed by atoms with Crippen molar-refractivity contribution >= 4 is 39.7 Å². The summed E-state index contributed by atoms with van der Waals surface area (Å²) in [5.41, 5.74) is 3.91. The SMILES string of the molecule is CCCCC1(C(=O)n2ncc3cc(C[C@@H](NC(=O)N4CCC(c5cc6ccccc6[nH]c5=O)CC4)C(=O)N4CCN(C5CCN(C)CC5)CC4)cc(C)c32)CC1. The van der Waals surface area contributed by atoms with Crippen LogP contribution in [0.1, 0.15) is 92.1 Å². The molecule has 56 heavy (non-hydrogen) atoms. The number of nitrogens with one attached hydrogen (secondary N) is 2. The van der Waals surface area contributed by atoms with Gasteiger partial charge in [-0.05, 0) is 113 Å². The number of piperidine rings is 2. The molecule has 1 saturated carbocycles. The molecule has 3 aliphatic heterocycles. The molecule has 4 aromatic rings. The molecule has 0 bridgehead atoms. The number of aromatic amines is 1. The summed E-state index contributed by atoms with van der Waals surface area (Å²) in [6.45, 7) is 10.3. The van der Waals surface area contributed by atoms with Crippen molar-refractivity contribution < 1.29 is 14.4 Å². The van der Waals surface area contributed by atoms with E-state index in [-0.39, 0.29) is 34.7 Å². The van der Waals surface area contributed by atoms with Crippen molar-refractivity contribution in [1.82, 2.24) is 39.7 Å². The number of rotatable bonds is 10. The Labute approximate surface area is 329 Å². The summed E-state index contributed by atoms with van der Waals surface area (Å²) in [7, 11) is 2.18. The van der Waals surface area contributed by atoms with Crippen molar-refractivity contribution in [2.24, 2.45) is 5.41 Å². The Morgan fingerprint density at radius 1 is 0.911 bits per heavy atom. The van der Waals surface area contributed by atoms with Gasteiger partial charge in [0.1, 0.15) is 6.04 Å². The van der Waals surface area contributed by atoms with Gasteiger partial charge in [0, 0.05) is 68.2 Å². The highest BCUT2D eigenvalue weighted by atomic mass is 16.2. The van der Waals surface area contributed by atoms with Crippen LogP contribution in [0.3, 0.4) is 0 Å². The minimum atomic E-state index is -0.754. The maximum atomic E-state index is 14.4. The number of amides is 3. The number of fused-ring (bicyclic) bond motifs is 2. The Morgan fingerprint density at radius 2 is 1.64 bits per heavy atom. The predicted molar refractivity (Wildman–Crippen MR) is 219 cm³/mol. The first-order valence-electron chi connectivity index (χ1n) is 21.0. The van der Waals surface area contributed by atoms with Crippen LogP contribution in [0.5, 0.6) is 0 Å². The van der Waals surface area contributed by atoms with E-state index in [0.29, 0.717) is 51.5 Å². The lowest BCUT2D eigenvalue weighted by Gasteiger charge is -2.43. The van der Waals surface area contributed by atoms with Crippen molar-refractivity contribution in [3.63, 3.8) is 0 Å². The Kier molecular flexibility index (Phi) is 11.0. The molecule has 4 aliphatic rings. The lowest BCUT2D eigenvalue weighted by Crippen LogP contribution is -2.59. The number of carbonyl (C=O) groups is 3. The van der Waals surface area contributed by atoms with E-state index < -0.39 is 6.04 Å². The van der Waals surface area contributed by atoms with Crippen LogP contribution < -0.4 is 10.9 Å². The minimum Gasteiger partial charge on any atom is -0.338 e. The van der Waals surface area contributed by atoms with Crippen LogP contribution in [0.2, 0.25) is 0 Å². The van der Waals surface area contributed by atoms with Crippen molar-refractivity contribution in [2.75, 3.05) is 59.4 Å². The number of urea groups is 1. The van der Waals surface area contributed by atoms with Crippen LogP contribution in [-0.4, -0.2) is 124 Å². The number of likely N-dealkylation sites (tertiary alicyclic amines) is 2. The van der Waals surface area contributed by atoms with E-state index in [4.69, 9.17) is 0 Å². The zero-order chi connectivity index (χ0) is 39.0. The summed E-state index contributed by atoms with van der Waals surface area (Å²) in [6.07, 6.45) is 10.6.